The van der Waals surface area contributed by atoms with Crippen LogP contribution in [0.15, 0.2) is 42.5 Å². The highest BCUT2D eigenvalue weighted by atomic mass is 28.4. The lowest BCUT2D eigenvalue weighted by Crippen LogP contribution is -2.56. The van der Waals surface area contributed by atoms with E-state index in [-0.39, 0.29) is 0 Å². The minimum Gasteiger partial charge on any atom is -0.373 e. The Kier molecular flexibility index (Phi) is 8.62. The van der Waals surface area contributed by atoms with Gasteiger partial charge in [-0.15, -0.1) is 0 Å². The summed E-state index contributed by atoms with van der Waals surface area (Å²) >= 11 is 0. The van der Waals surface area contributed by atoms with Crippen LogP contribution < -0.4 is 5.19 Å². The molecule has 0 saturated heterocycles. The van der Waals surface area contributed by atoms with Crippen LogP contribution in [0.2, 0.25) is 0 Å². The van der Waals surface area contributed by atoms with Crippen molar-refractivity contribution in [2.45, 2.75) is 52.4 Å². The molecule has 2 aromatic rings. The SMILES string of the molecule is CCCCCO[Si](OC)(OCCCCC)c1cccc2ccccc12. The molecular weight excluding hydrogens is 328 g/mol. The van der Waals surface area contributed by atoms with Crippen LogP contribution in [0, 0.1) is 0 Å². The third kappa shape index (κ3) is 5.38. The van der Waals surface area contributed by atoms with Crippen molar-refractivity contribution in [1.82, 2.24) is 0 Å². The summed E-state index contributed by atoms with van der Waals surface area (Å²) in [6.45, 7) is 5.77. The Bertz CT molecular complexity index is 612. The summed E-state index contributed by atoms with van der Waals surface area (Å²) in [5.74, 6) is 0. The zero-order chi connectivity index (χ0) is 18.0. The molecule has 0 radical (unpaired) electrons. The van der Waals surface area contributed by atoms with Crippen molar-refractivity contribution in [3.05, 3.63) is 42.5 Å². The summed E-state index contributed by atoms with van der Waals surface area (Å²) in [4.78, 5) is 0. The molecule has 0 aliphatic carbocycles. The Labute approximate surface area is 153 Å². The molecule has 0 atom stereocenters. The summed E-state index contributed by atoms with van der Waals surface area (Å²) < 4.78 is 18.7. The maximum Gasteiger partial charge on any atom is 0.537 e. The van der Waals surface area contributed by atoms with Gasteiger partial charge in [0.2, 0.25) is 0 Å². The maximum absolute atomic E-state index is 6.35. The standard InChI is InChI=1S/C21H32O3Si/c1-4-6-10-17-23-25(22-3,24-18-11-7-5-2)21-16-12-14-19-13-8-9-15-20(19)21/h8-9,12-16H,4-7,10-11,17-18H2,1-3H3. The first-order valence-corrected chi connectivity index (χ1v) is 11.3. The van der Waals surface area contributed by atoms with Gasteiger partial charge < -0.3 is 13.3 Å². The fourth-order valence-electron chi connectivity index (χ4n) is 3.03. The normalized spacial score (nSPS) is 12.0. The summed E-state index contributed by atoms with van der Waals surface area (Å²) in [5.41, 5.74) is 0. The van der Waals surface area contributed by atoms with Crippen molar-refractivity contribution >= 4 is 24.8 Å². The van der Waals surface area contributed by atoms with Gasteiger partial charge in [0, 0.05) is 25.5 Å². The predicted molar refractivity (Wildman–Crippen MR) is 107 cm³/mol. The van der Waals surface area contributed by atoms with Gasteiger partial charge in [-0.25, -0.2) is 0 Å². The monoisotopic (exact) mass is 360 g/mol. The van der Waals surface area contributed by atoms with E-state index in [1.54, 1.807) is 7.11 Å². The second-order valence-electron chi connectivity index (χ2n) is 6.40. The average Bonchev–Trinajstić information content (AvgIpc) is 2.67. The van der Waals surface area contributed by atoms with Gasteiger partial charge in [-0.1, -0.05) is 82.0 Å². The van der Waals surface area contributed by atoms with Crippen molar-refractivity contribution < 1.29 is 13.3 Å². The maximum atomic E-state index is 6.35. The van der Waals surface area contributed by atoms with Crippen LogP contribution in [0.4, 0.5) is 0 Å². The van der Waals surface area contributed by atoms with Crippen molar-refractivity contribution in [3.8, 4) is 0 Å². The number of unbranched alkanes of at least 4 members (excludes halogenated alkanes) is 4. The summed E-state index contributed by atoms with van der Waals surface area (Å²) in [6, 6.07) is 14.7. The van der Waals surface area contributed by atoms with Crippen molar-refractivity contribution in [3.63, 3.8) is 0 Å². The molecule has 0 N–H and O–H groups in total. The summed E-state index contributed by atoms with van der Waals surface area (Å²) in [7, 11) is -1.18. The second kappa shape index (κ2) is 10.7. The minimum atomic E-state index is -2.91. The van der Waals surface area contributed by atoms with E-state index in [0.717, 1.165) is 18.0 Å². The van der Waals surface area contributed by atoms with Gasteiger partial charge in [0.15, 0.2) is 0 Å². The summed E-state index contributed by atoms with van der Waals surface area (Å²) in [5, 5.41) is 3.45. The van der Waals surface area contributed by atoms with Gasteiger partial charge >= 0.3 is 8.80 Å². The van der Waals surface area contributed by atoms with Gasteiger partial charge in [-0.2, -0.15) is 0 Å². The average molecular weight is 361 g/mol. The Morgan fingerprint density at radius 2 is 1.36 bits per heavy atom. The molecule has 2 aromatic carbocycles. The fourth-order valence-corrected chi connectivity index (χ4v) is 5.57. The predicted octanol–water partition coefficient (Wildman–Crippen LogP) is 5.05. The molecule has 0 unspecified atom stereocenters. The van der Waals surface area contributed by atoms with Crippen LogP contribution in [0.3, 0.4) is 0 Å². The van der Waals surface area contributed by atoms with Crippen LogP contribution in [0.5, 0.6) is 0 Å². The molecule has 0 heterocycles. The van der Waals surface area contributed by atoms with E-state index in [0.29, 0.717) is 13.2 Å². The smallest absolute Gasteiger partial charge is 0.373 e. The van der Waals surface area contributed by atoms with Crippen LogP contribution >= 0.6 is 0 Å². The minimum absolute atomic E-state index is 0.685. The largest absolute Gasteiger partial charge is 0.537 e. The summed E-state index contributed by atoms with van der Waals surface area (Å²) in [6.07, 6.45) is 6.77. The van der Waals surface area contributed by atoms with E-state index in [1.807, 2.05) is 0 Å². The lowest BCUT2D eigenvalue weighted by atomic mass is 10.1. The fraction of sp³-hybridized carbons (Fsp3) is 0.524. The zero-order valence-corrected chi connectivity index (χ0v) is 16.9. The molecule has 0 aromatic heterocycles. The first-order chi connectivity index (χ1) is 12.3. The molecule has 3 nitrogen and oxygen atoms in total. The van der Waals surface area contributed by atoms with E-state index in [9.17, 15) is 0 Å². The molecule has 2 rings (SSSR count). The van der Waals surface area contributed by atoms with Gasteiger partial charge in [-0.05, 0) is 23.6 Å². The van der Waals surface area contributed by atoms with E-state index >= 15 is 0 Å². The molecule has 0 bridgehead atoms. The quantitative estimate of drug-likeness (QED) is 0.392. The van der Waals surface area contributed by atoms with E-state index < -0.39 is 8.80 Å². The first kappa shape index (κ1) is 20.1. The highest BCUT2D eigenvalue weighted by Gasteiger charge is 2.44. The molecule has 4 heteroatoms. The Hall–Kier alpha value is -1.20. The third-order valence-electron chi connectivity index (χ3n) is 4.47. The topological polar surface area (TPSA) is 27.7 Å². The van der Waals surface area contributed by atoms with Crippen molar-refractivity contribution in [1.29, 1.82) is 0 Å². The Balaban J connectivity index is 2.30. The molecule has 138 valence electrons. The molecule has 25 heavy (non-hydrogen) atoms. The molecule has 0 aliphatic heterocycles. The van der Waals surface area contributed by atoms with E-state index in [4.69, 9.17) is 13.3 Å². The zero-order valence-electron chi connectivity index (χ0n) is 15.9. The van der Waals surface area contributed by atoms with Crippen LogP contribution in [-0.2, 0) is 13.3 Å². The van der Waals surface area contributed by atoms with E-state index in [1.165, 1.54) is 36.5 Å². The molecule has 0 amide bonds. The van der Waals surface area contributed by atoms with Crippen LogP contribution in [-0.4, -0.2) is 29.1 Å². The van der Waals surface area contributed by atoms with E-state index in [2.05, 4.69) is 56.3 Å². The van der Waals surface area contributed by atoms with Gasteiger partial charge in [0.05, 0.1) is 0 Å². The number of fused-ring (bicyclic) bond motifs is 1. The molecule has 0 spiro atoms. The van der Waals surface area contributed by atoms with Gasteiger partial charge in [-0.3, -0.25) is 0 Å². The molecule has 0 aliphatic rings. The van der Waals surface area contributed by atoms with Crippen molar-refractivity contribution in [2.75, 3.05) is 20.3 Å². The van der Waals surface area contributed by atoms with Crippen molar-refractivity contribution in [2.24, 2.45) is 0 Å². The van der Waals surface area contributed by atoms with Crippen LogP contribution in [0.1, 0.15) is 52.4 Å². The van der Waals surface area contributed by atoms with Gasteiger partial charge in [0.1, 0.15) is 0 Å². The number of benzene rings is 2. The van der Waals surface area contributed by atoms with Gasteiger partial charge in [0.25, 0.3) is 0 Å². The molecular formula is C21H32O3Si. The lowest BCUT2D eigenvalue weighted by molar-refractivity contribution is 0.0890. The highest BCUT2D eigenvalue weighted by molar-refractivity contribution is 6.77. The Morgan fingerprint density at radius 1 is 0.760 bits per heavy atom. The number of hydrogen-bond acceptors (Lipinski definition) is 3. The number of rotatable bonds is 12. The second-order valence-corrected chi connectivity index (χ2v) is 9.03. The number of hydrogen-bond donors (Lipinski definition) is 0. The molecule has 0 fully saturated rings. The first-order valence-electron chi connectivity index (χ1n) is 9.58. The lowest BCUT2D eigenvalue weighted by Gasteiger charge is -2.29. The highest BCUT2D eigenvalue weighted by Crippen LogP contribution is 2.19. The Morgan fingerprint density at radius 3 is 1.96 bits per heavy atom. The van der Waals surface area contributed by atoms with Crippen LogP contribution in [0.25, 0.3) is 10.8 Å². The third-order valence-corrected chi connectivity index (χ3v) is 7.27. The molecule has 0 saturated carbocycles.